The predicted octanol–water partition coefficient (Wildman–Crippen LogP) is 2.18. The Morgan fingerprint density at radius 1 is 1.56 bits per heavy atom. The molecule has 0 spiro atoms. The molecule has 1 fully saturated rings. The lowest BCUT2D eigenvalue weighted by Crippen LogP contribution is -2.38. The maximum atomic E-state index is 11.7. The number of amides is 1. The second-order valence-corrected chi connectivity index (χ2v) is 5.50. The van der Waals surface area contributed by atoms with Crippen molar-refractivity contribution in [3.63, 3.8) is 0 Å². The molecule has 1 amide bonds. The number of alkyl halides is 1. The monoisotopic (exact) mass is 247 g/mol. The van der Waals surface area contributed by atoms with Gasteiger partial charge in [-0.1, -0.05) is 13.8 Å². The van der Waals surface area contributed by atoms with Crippen molar-refractivity contribution >= 4 is 17.5 Å². The van der Waals surface area contributed by atoms with Crippen LogP contribution in [0, 0.1) is 11.8 Å². The molecule has 16 heavy (non-hydrogen) atoms. The van der Waals surface area contributed by atoms with Gasteiger partial charge in [0.15, 0.2) is 0 Å². The highest BCUT2D eigenvalue weighted by Crippen LogP contribution is 2.14. The lowest BCUT2D eigenvalue weighted by atomic mass is 10.0. The standard InChI is InChI=1S/C12H22ClNO2/c1-9(2)6-11(13)7-14-12(15)10-4-3-5-16-8-10/h9-11H,3-8H2,1-2H3,(H,14,15). The van der Waals surface area contributed by atoms with Crippen molar-refractivity contribution in [3.05, 3.63) is 0 Å². The van der Waals surface area contributed by atoms with Gasteiger partial charge in [-0.15, -0.1) is 11.6 Å². The van der Waals surface area contributed by atoms with Crippen LogP contribution in [0.4, 0.5) is 0 Å². The summed E-state index contributed by atoms with van der Waals surface area (Å²) < 4.78 is 5.28. The maximum Gasteiger partial charge on any atom is 0.225 e. The van der Waals surface area contributed by atoms with Gasteiger partial charge in [-0.05, 0) is 25.2 Å². The molecule has 4 heteroatoms. The molecule has 94 valence electrons. The van der Waals surface area contributed by atoms with Crippen LogP contribution in [0.15, 0.2) is 0 Å². The van der Waals surface area contributed by atoms with Gasteiger partial charge in [-0.2, -0.15) is 0 Å². The van der Waals surface area contributed by atoms with Crippen LogP contribution in [0.25, 0.3) is 0 Å². The number of ether oxygens (including phenoxy) is 1. The molecule has 1 rings (SSSR count). The van der Waals surface area contributed by atoms with Gasteiger partial charge in [0.2, 0.25) is 5.91 Å². The minimum atomic E-state index is 0.0247. The molecule has 0 bridgehead atoms. The Balaban J connectivity index is 2.18. The van der Waals surface area contributed by atoms with E-state index in [2.05, 4.69) is 19.2 Å². The summed E-state index contributed by atoms with van der Waals surface area (Å²) in [5.41, 5.74) is 0. The number of halogens is 1. The highest BCUT2D eigenvalue weighted by atomic mass is 35.5. The molecule has 0 aromatic heterocycles. The summed E-state index contributed by atoms with van der Waals surface area (Å²) in [6.45, 7) is 6.17. The Labute approximate surface area is 103 Å². The molecule has 1 heterocycles. The third kappa shape index (κ3) is 5.17. The van der Waals surface area contributed by atoms with Gasteiger partial charge in [-0.3, -0.25) is 4.79 Å². The molecular formula is C12H22ClNO2. The third-order valence-electron chi connectivity index (χ3n) is 2.76. The van der Waals surface area contributed by atoms with Gasteiger partial charge < -0.3 is 10.1 Å². The van der Waals surface area contributed by atoms with E-state index >= 15 is 0 Å². The van der Waals surface area contributed by atoms with Crippen molar-refractivity contribution in [2.24, 2.45) is 11.8 Å². The first-order chi connectivity index (χ1) is 7.59. The first kappa shape index (κ1) is 13.8. The molecule has 0 radical (unpaired) electrons. The molecule has 1 N–H and O–H groups in total. The average molecular weight is 248 g/mol. The van der Waals surface area contributed by atoms with Gasteiger partial charge in [-0.25, -0.2) is 0 Å². The maximum absolute atomic E-state index is 11.7. The van der Waals surface area contributed by atoms with E-state index in [0.717, 1.165) is 25.9 Å². The van der Waals surface area contributed by atoms with E-state index in [1.165, 1.54) is 0 Å². The molecule has 1 saturated heterocycles. The van der Waals surface area contributed by atoms with Crippen molar-refractivity contribution in [2.45, 2.75) is 38.5 Å². The summed E-state index contributed by atoms with van der Waals surface area (Å²) in [5.74, 6) is 0.684. The molecular weight excluding hydrogens is 226 g/mol. The lowest BCUT2D eigenvalue weighted by Gasteiger charge is -2.22. The Morgan fingerprint density at radius 2 is 2.31 bits per heavy atom. The second-order valence-electron chi connectivity index (χ2n) is 4.89. The van der Waals surface area contributed by atoms with E-state index < -0.39 is 0 Å². The zero-order valence-corrected chi connectivity index (χ0v) is 10.9. The third-order valence-corrected chi connectivity index (χ3v) is 3.09. The molecule has 1 aliphatic rings. The van der Waals surface area contributed by atoms with Gasteiger partial charge >= 0.3 is 0 Å². The van der Waals surface area contributed by atoms with Crippen molar-refractivity contribution < 1.29 is 9.53 Å². The van der Waals surface area contributed by atoms with E-state index in [-0.39, 0.29) is 17.2 Å². The van der Waals surface area contributed by atoms with Crippen molar-refractivity contribution in [1.82, 2.24) is 5.32 Å². The van der Waals surface area contributed by atoms with Crippen LogP contribution in [0.1, 0.15) is 33.1 Å². The number of nitrogens with one attached hydrogen (secondary N) is 1. The highest BCUT2D eigenvalue weighted by molar-refractivity contribution is 6.20. The topological polar surface area (TPSA) is 38.3 Å². The largest absolute Gasteiger partial charge is 0.381 e. The summed E-state index contributed by atoms with van der Waals surface area (Å²) in [5, 5.41) is 2.94. The fourth-order valence-electron chi connectivity index (χ4n) is 1.90. The van der Waals surface area contributed by atoms with Crippen LogP contribution in [-0.4, -0.2) is 31.0 Å². The normalized spacial score (nSPS) is 23.1. The molecule has 0 aliphatic carbocycles. The number of hydrogen-bond donors (Lipinski definition) is 1. The van der Waals surface area contributed by atoms with Crippen LogP contribution in [0.5, 0.6) is 0 Å². The molecule has 0 aromatic rings. The molecule has 0 saturated carbocycles. The van der Waals surface area contributed by atoms with E-state index in [9.17, 15) is 4.79 Å². The van der Waals surface area contributed by atoms with Crippen molar-refractivity contribution in [2.75, 3.05) is 19.8 Å². The Hall–Kier alpha value is -0.280. The summed E-state index contributed by atoms with van der Waals surface area (Å²) >= 11 is 6.11. The van der Waals surface area contributed by atoms with Crippen LogP contribution < -0.4 is 5.32 Å². The van der Waals surface area contributed by atoms with Crippen LogP contribution in [0.3, 0.4) is 0 Å². The molecule has 0 aromatic carbocycles. The second kappa shape index (κ2) is 7.13. The molecule has 2 unspecified atom stereocenters. The van der Waals surface area contributed by atoms with E-state index in [1.807, 2.05) is 0 Å². The summed E-state index contributed by atoms with van der Waals surface area (Å²) in [6, 6.07) is 0. The van der Waals surface area contributed by atoms with Crippen molar-refractivity contribution in [3.8, 4) is 0 Å². The minimum absolute atomic E-state index is 0.0247. The fourth-order valence-corrected chi connectivity index (χ4v) is 2.33. The number of carbonyl (C=O) groups is 1. The summed E-state index contributed by atoms with van der Waals surface area (Å²) in [7, 11) is 0. The van der Waals surface area contributed by atoms with Crippen LogP contribution in [-0.2, 0) is 9.53 Å². The number of rotatable bonds is 5. The van der Waals surface area contributed by atoms with Gasteiger partial charge in [0.1, 0.15) is 0 Å². The van der Waals surface area contributed by atoms with E-state index in [0.29, 0.717) is 19.1 Å². The summed E-state index contributed by atoms with van der Waals surface area (Å²) in [6.07, 6.45) is 2.85. The van der Waals surface area contributed by atoms with Crippen LogP contribution in [0.2, 0.25) is 0 Å². The fraction of sp³-hybridized carbons (Fsp3) is 0.917. The van der Waals surface area contributed by atoms with E-state index in [1.54, 1.807) is 0 Å². The number of hydrogen-bond acceptors (Lipinski definition) is 2. The Bertz CT molecular complexity index is 215. The van der Waals surface area contributed by atoms with E-state index in [4.69, 9.17) is 16.3 Å². The predicted molar refractivity (Wildman–Crippen MR) is 65.6 cm³/mol. The Kier molecular flexibility index (Phi) is 6.14. The SMILES string of the molecule is CC(C)CC(Cl)CNC(=O)C1CCCOC1. The Morgan fingerprint density at radius 3 is 2.88 bits per heavy atom. The van der Waals surface area contributed by atoms with Crippen LogP contribution >= 0.6 is 11.6 Å². The minimum Gasteiger partial charge on any atom is -0.381 e. The molecule has 3 nitrogen and oxygen atoms in total. The lowest BCUT2D eigenvalue weighted by molar-refractivity contribution is -0.128. The smallest absolute Gasteiger partial charge is 0.225 e. The zero-order valence-electron chi connectivity index (χ0n) is 10.2. The van der Waals surface area contributed by atoms with Gasteiger partial charge in [0.25, 0.3) is 0 Å². The quantitative estimate of drug-likeness (QED) is 0.757. The van der Waals surface area contributed by atoms with Gasteiger partial charge in [0.05, 0.1) is 17.9 Å². The highest BCUT2D eigenvalue weighted by Gasteiger charge is 2.22. The average Bonchev–Trinajstić information content (AvgIpc) is 2.26. The zero-order chi connectivity index (χ0) is 12.0. The van der Waals surface area contributed by atoms with Gasteiger partial charge in [0, 0.05) is 13.2 Å². The first-order valence-corrected chi connectivity index (χ1v) is 6.52. The number of carbonyl (C=O) groups excluding carboxylic acids is 1. The first-order valence-electron chi connectivity index (χ1n) is 6.09. The summed E-state index contributed by atoms with van der Waals surface area (Å²) in [4.78, 5) is 11.7. The molecule has 2 atom stereocenters. The molecule has 1 aliphatic heterocycles. The van der Waals surface area contributed by atoms with Crippen molar-refractivity contribution in [1.29, 1.82) is 0 Å².